The van der Waals surface area contributed by atoms with E-state index in [-0.39, 0.29) is 29.7 Å². The van der Waals surface area contributed by atoms with E-state index in [1.54, 1.807) is 0 Å². The molecule has 0 saturated carbocycles. The Hall–Kier alpha value is -2.67. The molecule has 0 aliphatic carbocycles. The topological polar surface area (TPSA) is 78.1 Å². The number of imidazole rings is 1. The third kappa shape index (κ3) is 4.82. The van der Waals surface area contributed by atoms with Crippen molar-refractivity contribution < 1.29 is 9.59 Å². The largest absolute Gasteiger partial charge is 0.346 e. The van der Waals surface area contributed by atoms with Crippen molar-refractivity contribution in [1.82, 2.24) is 20.2 Å². The van der Waals surface area contributed by atoms with Gasteiger partial charge in [-0.3, -0.25) is 9.59 Å². The predicted octanol–water partition coefficient (Wildman–Crippen LogP) is 4.69. The van der Waals surface area contributed by atoms with Crippen LogP contribution in [0.4, 0.5) is 0 Å². The molecule has 2 amide bonds. The van der Waals surface area contributed by atoms with Gasteiger partial charge in [0.15, 0.2) is 0 Å². The summed E-state index contributed by atoms with van der Waals surface area (Å²) in [7, 11) is 0. The molecule has 0 spiro atoms. The number of aromatic amines is 1. The van der Waals surface area contributed by atoms with Crippen LogP contribution in [0.1, 0.15) is 48.9 Å². The molecule has 2 heterocycles. The third-order valence-electron chi connectivity index (χ3n) is 5.91. The van der Waals surface area contributed by atoms with Crippen molar-refractivity contribution in [3.05, 3.63) is 64.4 Å². The molecule has 1 aliphatic rings. The van der Waals surface area contributed by atoms with Gasteiger partial charge in [0.25, 0.3) is 5.91 Å². The second-order valence-electron chi connectivity index (χ2n) is 8.44. The first kappa shape index (κ1) is 21.6. The number of likely N-dealkylation sites (tertiary alicyclic amines) is 1. The maximum atomic E-state index is 13.0. The number of halogens is 1. The molecule has 1 aliphatic heterocycles. The number of benzene rings is 2. The Morgan fingerprint density at radius 2 is 1.77 bits per heavy atom. The SMILES string of the molecule is CC(C)C(NC(=O)C1CCN(C(=O)c2ccc(Br)cc2)CC1)c1nc2ccccc2[nH]1. The van der Waals surface area contributed by atoms with Crippen molar-refractivity contribution in [3.63, 3.8) is 0 Å². The average Bonchev–Trinajstić information content (AvgIpc) is 3.21. The fourth-order valence-electron chi connectivity index (χ4n) is 4.06. The highest BCUT2D eigenvalue weighted by atomic mass is 79.9. The van der Waals surface area contributed by atoms with Gasteiger partial charge < -0.3 is 15.2 Å². The van der Waals surface area contributed by atoms with Crippen molar-refractivity contribution in [2.45, 2.75) is 32.7 Å². The molecular formula is C24H27BrN4O2. The lowest BCUT2D eigenvalue weighted by atomic mass is 9.94. The Kier molecular flexibility index (Phi) is 6.41. The van der Waals surface area contributed by atoms with E-state index in [0.29, 0.717) is 31.5 Å². The first-order valence-electron chi connectivity index (χ1n) is 10.7. The quantitative estimate of drug-likeness (QED) is 0.553. The third-order valence-corrected chi connectivity index (χ3v) is 6.44. The summed E-state index contributed by atoms with van der Waals surface area (Å²) in [5.41, 5.74) is 2.55. The van der Waals surface area contributed by atoms with Gasteiger partial charge in [0.05, 0.1) is 17.1 Å². The van der Waals surface area contributed by atoms with Crippen molar-refractivity contribution >= 4 is 38.8 Å². The highest BCUT2D eigenvalue weighted by molar-refractivity contribution is 9.10. The fraction of sp³-hybridized carbons (Fsp3) is 0.375. The van der Waals surface area contributed by atoms with Crippen molar-refractivity contribution in [2.24, 2.45) is 11.8 Å². The van der Waals surface area contributed by atoms with Gasteiger partial charge in [-0.2, -0.15) is 0 Å². The molecule has 7 heteroatoms. The van der Waals surface area contributed by atoms with Crippen LogP contribution < -0.4 is 5.32 Å². The van der Waals surface area contributed by atoms with Gasteiger partial charge in [0.2, 0.25) is 5.91 Å². The smallest absolute Gasteiger partial charge is 0.253 e. The zero-order valence-electron chi connectivity index (χ0n) is 17.8. The number of aromatic nitrogens is 2. The number of para-hydroxylation sites is 2. The molecule has 1 fully saturated rings. The predicted molar refractivity (Wildman–Crippen MR) is 125 cm³/mol. The van der Waals surface area contributed by atoms with Crippen molar-refractivity contribution in [2.75, 3.05) is 13.1 Å². The number of carbonyl (C=O) groups excluding carboxylic acids is 2. The first-order valence-corrected chi connectivity index (χ1v) is 11.5. The molecule has 1 saturated heterocycles. The van der Waals surface area contributed by atoms with Crippen LogP contribution in [-0.4, -0.2) is 39.8 Å². The highest BCUT2D eigenvalue weighted by Gasteiger charge is 2.30. The van der Waals surface area contributed by atoms with Crippen LogP contribution in [-0.2, 0) is 4.79 Å². The summed E-state index contributed by atoms with van der Waals surface area (Å²) in [5, 5.41) is 3.20. The van der Waals surface area contributed by atoms with E-state index in [1.807, 2.05) is 53.4 Å². The van der Waals surface area contributed by atoms with Crippen molar-refractivity contribution in [3.8, 4) is 0 Å². The number of hydrogen-bond donors (Lipinski definition) is 2. The number of carbonyl (C=O) groups is 2. The summed E-state index contributed by atoms with van der Waals surface area (Å²) >= 11 is 3.39. The molecule has 2 aromatic carbocycles. The van der Waals surface area contributed by atoms with Crippen LogP contribution in [0, 0.1) is 11.8 Å². The highest BCUT2D eigenvalue weighted by Crippen LogP contribution is 2.25. The zero-order valence-corrected chi connectivity index (χ0v) is 19.4. The molecule has 3 aromatic rings. The van der Waals surface area contributed by atoms with E-state index in [0.717, 1.165) is 21.3 Å². The van der Waals surface area contributed by atoms with Gasteiger partial charge in [-0.25, -0.2) is 4.98 Å². The number of piperidine rings is 1. The number of H-pyrrole nitrogens is 1. The number of nitrogens with one attached hydrogen (secondary N) is 2. The van der Waals surface area contributed by atoms with Crippen LogP contribution in [0.2, 0.25) is 0 Å². The number of amides is 2. The second kappa shape index (κ2) is 9.22. The fourth-order valence-corrected chi connectivity index (χ4v) is 4.33. The molecular weight excluding hydrogens is 456 g/mol. The molecule has 0 bridgehead atoms. The monoisotopic (exact) mass is 482 g/mol. The van der Waals surface area contributed by atoms with Crippen LogP contribution in [0.3, 0.4) is 0 Å². The van der Waals surface area contributed by atoms with Gasteiger partial charge in [-0.1, -0.05) is 41.9 Å². The van der Waals surface area contributed by atoms with Gasteiger partial charge >= 0.3 is 0 Å². The van der Waals surface area contributed by atoms with Crippen LogP contribution in [0.5, 0.6) is 0 Å². The molecule has 31 heavy (non-hydrogen) atoms. The summed E-state index contributed by atoms with van der Waals surface area (Å²) in [6.07, 6.45) is 1.33. The molecule has 1 atom stereocenters. The molecule has 162 valence electrons. The van der Waals surface area contributed by atoms with Gasteiger partial charge in [0.1, 0.15) is 5.82 Å². The van der Waals surface area contributed by atoms with Crippen LogP contribution in [0.25, 0.3) is 11.0 Å². The molecule has 1 aromatic heterocycles. The van der Waals surface area contributed by atoms with Crippen LogP contribution >= 0.6 is 15.9 Å². The Labute approximate surface area is 190 Å². The van der Waals surface area contributed by atoms with E-state index in [1.165, 1.54) is 0 Å². The number of hydrogen-bond acceptors (Lipinski definition) is 3. The summed E-state index contributed by atoms with van der Waals surface area (Å²) in [4.78, 5) is 35.6. The van der Waals surface area contributed by atoms with E-state index in [9.17, 15) is 9.59 Å². The Morgan fingerprint density at radius 3 is 2.42 bits per heavy atom. The first-order chi connectivity index (χ1) is 14.9. The lowest BCUT2D eigenvalue weighted by Crippen LogP contribution is -2.44. The summed E-state index contributed by atoms with van der Waals surface area (Å²) in [6, 6.07) is 15.1. The maximum Gasteiger partial charge on any atom is 0.253 e. The van der Waals surface area contributed by atoms with Gasteiger partial charge in [-0.15, -0.1) is 0 Å². The average molecular weight is 483 g/mol. The summed E-state index contributed by atoms with van der Waals surface area (Å²) in [6.45, 7) is 5.34. The van der Waals surface area contributed by atoms with Gasteiger partial charge in [0, 0.05) is 29.0 Å². The van der Waals surface area contributed by atoms with Crippen LogP contribution in [0.15, 0.2) is 53.0 Å². The summed E-state index contributed by atoms with van der Waals surface area (Å²) < 4.78 is 0.948. The normalized spacial score (nSPS) is 15.9. The molecule has 4 rings (SSSR count). The Balaban J connectivity index is 1.38. The molecule has 0 radical (unpaired) electrons. The van der Waals surface area contributed by atoms with Crippen molar-refractivity contribution in [1.29, 1.82) is 0 Å². The zero-order chi connectivity index (χ0) is 22.0. The van der Waals surface area contributed by atoms with E-state index < -0.39 is 0 Å². The molecule has 6 nitrogen and oxygen atoms in total. The number of fused-ring (bicyclic) bond motifs is 1. The molecule has 1 unspecified atom stereocenters. The lowest BCUT2D eigenvalue weighted by molar-refractivity contribution is -0.127. The number of rotatable bonds is 5. The Bertz CT molecular complexity index is 1040. The Morgan fingerprint density at radius 1 is 1.10 bits per heavy atom. The molecule has 2 N–H and O–H groups in total. The minimum atomic E-state index is -0.178. The lowest BCUT2D eigenvalue weighted by Gasteiger charge is -2.32. The maximum absolute atomic E-state index is 13.0. The minimum absolute atomic E-state index is 0.0219. The number of nitrogens with zero attached hydrogens (tertiary/aromatic N) is 2. The van der Waals surface area contributed by atoms with E-state index in [4.69, 9.17) is 0 Å². The minimum Gasteiger partial charge on any atom is -0.346 e. The second-order valence-corrected chi connectivity index (χ2v) is 9.36. The van der Waals surface area contributed by atoms with E-state index >= 15 is 0 Å². The van der Waals surface area contributed by atoms with E-state index in [2.05, 4.69) is 45.1 Å². The standard InChI is InChI=1S/C24H27BrN4O2/c1-15(2)21(22-26-19-5-3-4-6-20(19)27-22)28-23(30)16-11-13-29(14-12-16)24(31)17-7-9-18(25)10-8-17/h3-10,15-16,21H,11-14H2,1-2H3,(H,26,27)(H,28,30). The van der Waals surface area contributed by atoms with Gasteiger partial charge in [-0.05, 0) is 55.2 Å². The summed E-state index contributed by atoms with van der Waals surface area (Å²) in [5.74, 6) is 0.944.